The van der Waals surface area contributed by atoms with E-state index in [2.05, 4.69) is 6.92 Å². The van der Waals surface area contributed by atoms with E-state index in [4.69, 9.17) is 0 Å². The molecule has 14 heavy (non-hydrogen) atoms. The van der Waals surface area contributed by atoms with E-state index in [1.54, 1.807) is 0 Å². The minimum Gasteiger partial charge on any atom is -0.0625 e. The summed E-state index contributed by atoms with van der Waals surface area (Å²) < 4.78 is 0. The van der Waals surface area contributed by atoms with Gasteiger partial charge in [-0.1, -0.05) is 71.1 Å². The molecule has 0 aromatic rings. The van der Waals surface area contributed by atoms with Gasteiger partial charge in [0.25, 0.3) is 0 Å². The molecule has 2 aliphatic rings. The van der Waals surface area contributed by atoms with Gasteiger partial charge in [0.2, 0.25) is 0 Å². The minimum atomic E-state index is 1.01. The number of hydrogen-bond donors (Lipinski definition) is 0. The molecule has 0 amide bonds. The maximum atomic E-state index is 2.47. The molecule has 2 rings (SSSR count). The highest BCUT2D eigenvalue weighted by Crippen LogP contribution is 2.36. The van der Waals surface area contributed by atoms with Gasteiger partial charge in [-0.15, -0.1) is 0 Å². The van der Waals surface area contributed by atoms with Crippen molar-refractivity contribution in [2.75, 3.05) is 0 Å². The standard InChI is InChI=1S/C14H26/c1-12(7-9-14-10-11-14)6-8-13-4-2-3-5-13/h12-14H,2-11H2,1H3. The molecule has 0 heteroatoms. The molecular weight excluding hydrogens is 168 g/mol. The van der Waals surface area contributed by atoms with E-state index in [9.17, 15) is 0 Å². The summed E-state index contributed by atoms with van der Waals surface area (Å²) in [5.41, 5.74) is 0. The highest BCUT2D eigenvalue weighted by atomic mass is 14.3. The van der Waals surface area contributed by atoms with Crippen LogP contribution < -0.4 is 0 Å². The lowest BCUT2D eigenvalue weighted by Crippen LogP contribution is -2.00. The first-order valence-electron chi connectivity index (χ1n) is 6.84. The van der Waals surface area contributed by atoms with Gasteiger partial charge in [-0.3, -0.25) is 0 Å². The molecule has 0 spiro atoms. The van der Waals surface area contributed by atoms with Gasteiger partial charge in [-0.25, -0.2) is 0 Å². The van der Waals surface area contributed by atoms with Crippen LogP contribution in [0.3, 0.4) is 0 Å². The van der Waals surface area contributed by atoms with E-state index in [0.29, 0.717) is 0 Å². The number of rotatable bonds is 6. The van der Waals surface area contributed by atoms with Crippen molar-refractivity contribution in [3.8, 4) is 0 Å². The summed E-state index contributed by atoms with van der Waals surface area (Å²) in [6.45, 7) is 2.47. The van der Waals surface area contributed by atoms with Crippen LogP contribution in [0.2, 0.25) is 0 Å². The van der Waals surface area contributed by atoms with Crippen LogP contribution >= 0.6 is 0 Å². The Kier molecular flexibility index (Phi) is 3.89. The molecule has 0 aliphatic heterocycles. The Hall–Kier alpha value is 0. The molecule has 0 saturated heterocycles. The smallest absolute Gasteiger partial charge is 0.0414 e. The fourth-order valence-electron chi connectivity index (χ4n) is 2.89. The second kappa shape index (κ2) is 5.19. The second-order valence-electron chi connectivity index (χ2n) is 5.85. The SMILES string of the molecule is CC(CCC1CCCC1)CCC1CC1. The Bertz CT molecular complexity index is 151. The third kappa shape index (κ3) is 3.63. The van der Waals surface area contributed by atoms with Crippen molar-refractivity contribution in [3.63, 3.8) is 0 Å². The number of hydrogen-bond acceptors (Lipinski definition) is 0. The summed E-state index contributed by atoms with van der Waals surface area (Å²) in [4.78, 5) is 0. The van der Waals surface area contributed by atoms with Crippen LogP contribution in [0.1, 0.15) is 71.1 Å². The molecule has 0 nitrogen and oxygen atoms in total. The Balaban J connectivity index is 1.50. The van der Waals surface area contributed by atoms with E-state index >= 15 is 0 Å². The van der Waals surface area contributed by atoms with Crippen molar-refractivity contribution in [3.05, 3.63) is 0 Å². The maximum absolute atomic E-state index is 2.47. The summed E-state index contributed by atoms with van der Waals surface area (Å²) in [6, 6.07) is 0. The van der Waals surface area contributed by atoms with Crippen molar-refractivity contribution >= 4 is 0 Å². The molecule has 2 aliphatic carbocycles. The monoisotopic (exact) mass is 194 g/mol. The average Bonchev–Trinajstić information content (AvgIpc) is 2.87. The molecule has 0 aromatic heterocycles. The van der Waals surface area contributed by atoms with Crippen LogP contribution in [0.5, 0.6) is 0 Å². The van der Waals surface area contributed by atoms with Gasteiger partial charge >= 0.3 is 0 Å². The topological polar surface area (TPSA) is 0 Å². The lowest BCUT2D eigenvalue weighted by molar-refractivity contribution is 0.387. The summed E-state index contributed by atoms with van der Waals surface area (Å²) in [7, 11) is 0. The molecule has 0 N–H and O–H groups in total. The van der Waals surface area contributed by atoms with Crippen LogP contribution in [0.25, 0.3) is 0 Å². The van der Waals surface area contributed by atoms with Gasteiger partial charge in [0.1, 0.15) is 0 Å². The first-order valence-corrected chi connectivity index (χ1v) is 6.84. The van der Waals surface area contributed by atoms with Gasteiger partial charge in [-0.05, 0) is 17.8 Å². The van der Waals surface area contributed by atoms with Crippen molar-refractivity contribution in [2.24, 2.45) is 17.8 Å². The largest absolute Gasteiger partial charge is 0.0625 e. The predicted molar refractivity (Wildman–Crippen MR) is 62.3 cm³/mol. The summed E-state index contributed by atoms with van der Waals surface area (Å²) in [5, 5.41) is 0. The van der Waals surface area contributed by atoms with E-state index in [-0.39, 0.29) is 0 Å². The van der Waals surface area contributed by atoms with Crippen molar-refractivity contribution < 1.29 is 0 Å². The lowest BCUT2D eigenvalue weighted by atomic mass is 9.92. The Morgan fingerprint density at radius 1 is 0.857 bits per heavy atom. The highest BCUT2D eigenvalue weighted by Gasteiger charge is 2.22. The first kappa shape index (κ1) is 10.5. The predicted octanol–water partition coefficient (Wildman–Crippen LogP) is 4.78. The fraction of sp³-hybridized carbons (Fsp3) is 1.00. The van der Waals surface area contributed by atoms with Crippen LogP contribution in [-0.2, 0) is 0 Å². The van der Waals surface area contributed by atoms with E-state index in [1.807, 2.05) is 0 Å². The van der Waals surface area contributed by atoms with E-state index < -0.39 is 0 Å². The summed E-state index contributed by atoms with van der Waals surface area (Å²) in [5.74, 6) is 3.26. The van der Waals surface area contributed by atoms with Crippen LogP contribution in [0, 0.1) is 17.8 Å². The van der Waals surface area contributed by atoms with Crippen LogP contribution in [0.4, 0.5) is 0 Å². The lowest BCUT2D eigenvalue weighted by Gasteiger charge is -2.14. The second-order valence-corrected chi connectivity index (χ2v) is 5.85. The van der Waals surface area contributed by atoms with Gasteiger partial charge in [-0.2, -0.15) is 0 Å². The molecule has 0 bridgehead atoms. The van der Waals surface area contributed by atoms with Gasteiger partial charge in [0.05, 0.1) is 0 Å². The van der Waals surface area contributed by atoms with Crippen molar-refractivity contribution in [2.45, 2.75) is 71.1 Å². The molecule has 0 aromatic carbocycles. The first-order chi connectivity index (χ1) is 6.84. The molecule has 2 fully saturated rings. The normalized spacial score (nSPS) is 25.5. The molecule has 1 unspecified atom stereocenters. The van der Waals surface area contributed by atoms with Gasteiger partial charge < -0.3 is 0 Å². The van der Waals surface area contributed by atoms with E-state index in [0.717, 1.165) is 17.8 Å². The van der Waals surface area contributed by atoms with Gasteiger partial charge in [0.15, 0.2) is 0 Å². The van der Waals surface area contributed by atoms with Gasteiger partial charge in [0, 0.05) is 0 Å². The zero-order valence-electron chi connectivity index (χ0n) is 9.80. The average molecular weight is 194 g/mol. The molecule has 0 heterocycles. The molecule has 82 valence electrons. The zero-order valence-corrected chi connectivity index (χ0v) is 9.80. The Morgan fingerprint density at radius 2 is 1.36 bits per heavy atom. The van der Waals surface area contributed by atoms with Crippen molar-refractivity contribution in [1.29, 1.82) is 0 Å². The van der Waals surface area contributed by atoms with Crippen molar-refractivity contribution in [1.82, 2.24) is 0 Å². The highest BCUT2D eigenvalue weighted by molar-refractivity contribution is 4.74. The quantitative estimate of drug-likeness (QED) is 0.570. The molecule has 2 saturated carbocycles. The minimum absolute atomic E-state index is 1.01. The fourth-order valence-corrected chi connectivity index (χ4v) is 2.89. The third-order valence-electron chi connectivity index (χ3n) is 4.31. The third-order valence-corrected chi connectivity index (χ3v) is 4.31. The summed E-state index contributed by atoms with van der Waals surface area (Å²) in [6.07, 6.45) is 15.3. The van der Waals surface area contributed by atoms with Crippen LogP contribution in [-0.4, -0.2) is 0 Å². The molecule has 1 atom stereocenters. The summed E-state index contributed by atoms with van der Waals surface area (Å²) >= 11 is 0. The molecular formula is C14H26. The van der Waals surface area contributed by atoms with Crippen LogP contribution in [0.15, 0.2) is 0 Å². The zero-order chi connectivity index (χ0) is 9.80. The maximum Gasteiger partial charge on any atom is -0.0414 e. The Labute approximate surface area is 89.5 Å². The van der Waals surface area contributed by atoms with E-state index in [1.165, 1.54) is 64.2 Å². The Morgan fingerprint density at radius 3 is 1.86 bits per heavy atom. The molecule has 0 radical (unpaired) electrons.